The summed E-state index contributed by atoms with van der Waals surface area (Å²) in [7, 11) is -2.69. The molecule has 1 aliphatic rings. The van der Waals surface area contributed by atoms with Crippen molar-refractivity contribution >= 4 is 26.9 Å². The number of alkyl carbamates (subject to hydrolysis) is 1. The SMILES string of the molecule is CCCCC(CCCCC(=O)NCCC[Si](OCC)(OCC)OCC)OC(=O)NCC1(C)CC(N=C=O)CC(C)(C)C1. The molecule has 0 radical (unpaired) electrons. The van der Waals surface area contributed by atoms with Gasteiger partial charge >= 0.3 is 14.9 Å². The van der Waals surface area contributed by atoms with Gasteiger partial charge in [-0.15, -0.1) is 0 Å². The lowest BCUT2D eigenvalue weighted by molar-refractivity contribution is -0.121. The number of ether oxygens (including phenoxy) is 1. The first kappa shape index (κ1) is 38.2. The number of hydrogen-bond donors (Lipinski definition) is 2. The van der Waals surface area contributed by atoms with Gasteiger partial charge < -0.3 is 28.6 Å². The minimum atomic E-state index is -2.69. The van der Waals surface area contributed by atoms with Gasteiger partial charge in [0.2, 0.25) is 12.0 Å². The van der Waals surface area contributed by atoms with Crippen molar-refractivity contribution in [1.82, 2.24) is 10.6 Å². The van der Waals surface area contributed by atoms with E-state index in [1.807, 2.05) is 20.8 Å². The van der Waals surface area contributed by atoms with Crippen LogP contribution in [0.2, 0.25) is 6.04 Å². The van der Waals surface area contributed by atoms with E-state index in [0.29, 0.717) is 45.4 Å². The molecular weight excluding hydrogens is 554 g/mol. The van der Waals surface area contributed by atoms with E-state index in [2.05, 4.69) is 43.3 Å². The van der Waals surface area contributed by atoms with E-state index >= 15 is 0 Å². The molecule has 3 atom stereocenters. The quantitative estimate of drug-likeness (QED) is 0.0635. The van der Waals surface area contributed by atoms with Crippen LogP contribution in [0.5, 0.6) is 0 Å². The van der Waals surface area contributed by atoms with E-state index in [9.17, 15) is 14.4 Å². The van der Waals surface area contributed by atoms with Crippen LogP contribution in [-0.2, 0) is 27.6 Å². The van der Waals surface area contributed by atoms with E-state index < -0.39 is 14.9 Å². The summed E-state index contributed by atoms with van der Waals surface area (Å²) in [6, 6.07) is 0.602. The lowest BCUT2D eigenvalue weighted by Gasteiger charge is -2.45. The van der Waals surface area contributed by atoms with Gasteiger partial charge in [0.15, 0.2) is 0 Å². The van der Waals surface area contributed by atoms with Crippen molar-refractivity contribution in [2.45, 2.75) is 137 Å². The van der Waals surface area contributed by atoms with Crippen molar-refractivity contribution < 1.29 is 32.4 Å². The summed E-state index contributed by atoms with van der Waals surface area (Å²) in [5.74, 6) is 0.0242. The Labute approximate surface area is 255 Å². The van der Waals surface area contributed by atoms with E-state index in [0.717, 1.165) is 64.2 Å². The molecule has 42 heavy (non-hydrogen) atoms. The highest BCUT2D eigenvalue weighted by molar-refractivity contribution is 6.60. The Morgan fingerprint density at radius 2 is 1.57 bits per heavy atom. The molecule has 0 aromatic carbocycles. The number of carbonyl (C=O) groups is 2. The average Bonchev–Trinajstić information content (AvgIpc) is 2.90. The van der Waals surface area contributed by atoms with Crippen LogP contribution in [-0.4, -0.2) is 71.9 Å². The molecule has 3 unspecified atom stereocenters. The van der Waals surface area contributed by atoms with Crippen LogP contribution in [0.25, 0.3) is 0 Å². The van der Waals surface area contributed by atoms with Gasteiger partial charge in [-0.25, -0.2) is 14.6 Å². The molecule has 244 valence electrons. The maximum Gasteiger partial charge on any atom is 0.500 e. The Kier molecular flexibility index (Phi) is 18.4. The molecule has 0 spiro atoms. The predicted octanol–water partition coefficient (Wildman–Crippen LogP) is 6.31. The van der Waals surface area contributed by atoms with Crippen molar-refractivity contribution in [3.8, 4) is 0 Å². The standard InChI is InChI=1S/C31H59N3O7Si/c1-8-12-16-27(41-29(37)33-24-31(7)22-26(34-25-35)21-30(5,6)23-31)17-13-14-18-28(36)32-19-15-20-42(38-9-2,39-10-3)40-11-4/h26-27H,8-24H2,1-7H3,(H,32,36)(H,33,37). The second-order valence-electron chi connectivity index (χ2n) is 12.6. The zero-order valence-electron chi connectivity index (χ0n) is 27.5. The third kappa shape index (κ3) is 15.6. The fourth-order valence-corrected chi connectivity index (χ4v) is 8.94. The lowest BCUT2D eigenvalue weighted by Crippen LogP contribution is -2.46. The van der Waals surface area contributed by atoms with E-state index in [1.165, 1.54) is 0 Å². The maximum absolute atomic E-state index is 12.7. The minimum absolute atomic E-state index is 0.0242. The second kappa shape index (κ2) is 20.2. The Balaban J connectivity index is 2.44. The number of nitrogens with zero attached hydrogens (tertiary/aromatic N) is 1. The van der Waals surface area contributed by atoms with E-state index in [-0.39, 0.29) is 28.9 Å². The highest BCUT2D eigenvalue weighted by Crippen LogP contribution is 2.46. The topological polar surface area (TPSA) is 125 Å². The van der Waals surface area contributed by atoms with E-state index in [4.69, 9.17) is 18.0 Å². The van der Waals surface area contributed by atoms with Crippen molar-refractivity contribution in [2.75, 3.05) is 32.9 Å². The Morgan fingerprint density at radius 1 is 0.929 bits per heavy atom. The number of aliphatic imine (C=N–C) groups is 1. The summed E-state index contributed by atoms with van der Waals surface area (Å²) in [5.41, 5.74) is -0.140. The van der Waals surface area contributed by atoms with Gasteiger partial charge in [-0.3, -0.25) is 4.79 Å². The summed E-state index contributed by atoms with van der Waals surface area (Å²) < 4.78 is 23.4. The number of unbranched alkanes of at least 4 members (excludes halogenated alkanes) is 2. The third-order valence-corrected chi connectivity index (χ3v) is 10.9. The summed E-state index contributed by atoms with van der Waals surface area (Å²) in [6.45, 7) is 17.1. The Hall–Kier alpha value is -1.78. The molecular formula is C31H59N3O7Si. The van der Waals surface area contributed by atoms with Crippen molar-refractivity contribution in [2.24, 2.45) is 15.8 Å². The highest BCUT2D eigenvalue weighted by atomic mass is 28.4. The summed E-state index contributed by atoms with van der Waals surface area (Å²) in [6.07, 6.45) is 9.90. The molecule has 2 N–H and O–H groups in total. The summed E-state index contributed by atoms with van der Waals surface area (Å²) >= 11 is 0. The number of isocyanates is 1. The van der Waals surface area contributed by atoms with E-state index in [1.54, 1.807) is 6.08 Å². The zero-order valence-corrected chi connectivity index (χ0v) is 28.5. The molecule has 0 aliphatic heterocycles. The molecule has 1 saturated carbocycles. The van der Waals surface area contributed by atoms with Crippen molar-refractivity contribution in [3.63, 3.8) is 0 Å². The molecule has 0 saturated heterocycles. The minimum Gasteiger partial charge on any atom is -0.446 e. The number of rotatable bonds is 22. The molecule has 11 heteroatoms. The van der Waals surface area contributed by atoms with Gasteiger partial charge in [0.05, 0.1) is 6.04 Å². The number of hydrogen-bond acceptors (Lipinski definition) is 8. The Morgan fingerprint density at radius 3 is 2.17 bits per heavy atom. The normalized spacial score (nSPS) is 20.8. The van der Waals surface area contributed by atoms with Gasteiger partial charge in [-0.1, -0.05) is 40.5 Å². The lowest BCUT2D eigenvalue weighted by atomic mass is 9.63. The van der Waals surface area contributed by atoms with Crippen LogP contribution in [0.4, 0.5) is 4.79 Å². The first-order valence-corrected chi connectivity index (χ1v) is 18.1. The van der Waals surface area contributed by atoms with Crippen LogP contribution < -0.4 is 10.6 Å². The van der Waals surface area contributed by atoms with Crippen LogP contribution in [0, 0.1) is 10.8 Å². The van der Waals surface area contributed by atoms with Gasteiger partial charge in [0.25, 0.3) is 0 Å². The van der Waals surface area contributed by atoms with Crippen LogP contribution in [0.1, 0.15) is 119 Å². The van der Waals surface area contributed by atoms with Gasteiger partial charge in [0.1, 0.15) is 6.10 Å². The number of nitrogens with one attached hydrogen (secondary N) is 2. The molecule has 0 aromatic rings. The second-order valence-corrected chi connectivity index (χ2v) is 15.4. The molecule has 0 aromatic heterocycles. The first-order chi connectivity index (χ1) is 20.0. The Bertz CT molecular complexity index is 820. The molecule has 2 amide bonds. The fraction of sp³-hybridized carbons (Fsp3) is 0.903. The first-order valence-electron chi connectivity index (χ1n) is 16.2. The van der Waals surface area contributed by atoms with Crippen LogP contribution in [0.3, 0.4) is 0 Å². The maximum atomic E-state index is 12.7. The zero-order chi connectivity index (χ0) is 31.5. The molecule has 1 rings (SSSR count). The largest absolute Gasteiger partial charge is 0.500 e. The number of amides is 2. The molecule has 0 bridgehead atoms. The predicted molar refractivity (Wildman–Crippen MR) is 167 cm³/mol. The molecule has 0 heterocycles. The average molecular weight is 614 g/mol. The highest BCUT2D eigenvalue weighted by Gasteiger charge is 2.42. The summed E-state index contributed by atoms with van der Waals surface area (Å²) in [5, 5.41) is 5.98. The fourth-order valence-electron chi connectivity index (χ4n) is 6.33. The summed E-state index contributed by atoms with van der Waals surface area (Å²) in [4.78, 5) is 40.0. The van der Waals surface area contributed by atoms with Gasteiger partial charge in [0, 0.05) is 45.4 Å². The van der Waals surface area contributed by atoms with Crippen molar-refractivity contribution in [3.05, 3.63) is 0 Å². The van der Waals surface area contributed by atoms with Crippen LogP contribution in [0.15, 0.2) is 4.99 Å². The van der Waals surface area contributed by atoms with Gasteiger partial charge in [-0.05, 0) is 83.0 Å². The van der Waals surface area contributed by atoms with Crippen molar-refractivity contribution in [1.29, 1.82) is 0 Å². The molecule has 10 nitrogen and oxygen atoms in total. The van der Waals surface area contributed by atoms with Gasteiger partial charge in [-0.2, -0.15) is 0 Å². The third-order valence-electron chi connectivity index (χ3n) is 7.72. The smallest absolute Gasteiger partial charge is 0.446 e. The van der Waals surface area contributed by atoms with Crippen LogP contribution >= 0.6 is 0 Å². The molecule has 1 aliphatic carbocycles. The number of carbonyl (C=O) groups excluding carboxylic acids is 3. The monoisotopic (exact) mass is 613 g/mol. The molecule has 1 fully saturated rings.